The molecule has 0 fully saturated rings. The van der Waals surface area contributed by atoms with Crippen molar-refractivity contribution in [3.8, 4) is 11.8 Å². The molecule has 0 saturated heterocycles. The first-order valence-electron chi connectivity index (χ1n) is 6.22. The molecule has 1 N–H and O–H groups in total. The minimum atomic E-state index is -0.595. The van der Waals surface area contributed by atoms with Crippen LogP contribution >= 0.6 is 0 Å². The summed E-state index contributed by atoms with van der Waals surface area (Å²) in [6, 6.07) is 7.15. The van der Waals surface area contributed by atoms with Gasteiger partial charge in [0.2, 0.25) is 0 Å². The van der Waals surface area contributed by atoms with Crippen molar-refractivity contribution in [2.75, 3.05) is 13.7 Å². The van der Waals surface area contributed by atoms with Gasteiger partial charge in [-0.1, -0.05) is 19.9 Å². The molecular weight excluding hydrogens is 243 g/mol. The molecule has 1 aromatic rings. The van der Waals surface area contributed by atoms with Crippen LogP contribution in [0.1, 0.15) is 33.3 Å². The van der Waals surface area contributed by atoms with Crippen molar-refractivity contribution >= 4 is 0 Å². The molecule has 4 heteroatoms. The maximum atomic E-state index is 13.7. The van der Waals surface area contributed by atoms with Crippen LogP contribution in [0.15, 0.2) is 18.2 Å². The molecule has 0 atom stereocenters. The Bertz CT molecular complexity index is 489. The summed E-state index contributed by atoms with van der Waals surface area (Å²) in [5.74, 6) is -0.127. The van der Waals surface area contributed by atoms with Gasteiger partial charge in [0.05, 0.1) is 13.2 Å². The smallest absolute Gasteiger partial charge is 0.165 e. The maximum absolute atomic E-state index is 13.7. The molecule has 0 aliphatic rings. The molecule has 1 rings (SSSR count). The van der Waals surface area contributed by atoms with E-state index in [1.165, 1.54) is 13.2 Å². The lowest BCUT2D eigenvalue weighted by molar-refractivity contribution is 0.379. The average Bonchev–Trinajstić information content (AvgIpc) is 2.36. The van der Waals surface area contributed by atoms with Crippen molar-refractivity contribution < 1.29 is 9.13 Å². The Morgan fingerprint density at radius 1 is 1.32 bits per heavy atom. The monoisotopic (exact) mass is 264 g/mol. The average molecular weight is 264 g/mol. The number of halogens is 1. The fourth-order valence-corrected chi connectivity index (χ4v) is 1.67. The van der Waals surface area contributed by atoms with Crippen LogP contribution in [0.3, 0.4) is 0 Å². The Morgan fingerprint density at radius 3 is 2.42 bits per heavy atom. The first-order valence-corrected chi connectivity index (χ1v) is 6.22. The Kier molecular flexibility index (Phi) is 4.54. The predicted octanol–water partition coefficient (Wildman–Crippen LogP) is 3.00. The van der Waals surface area contributed by atoms with Crippen LogP contribution in [0.4, 0.5) is 4.39 Å². The third-order valence-electron chi connectivity index (χ3n) is 3.19. The zero-order valence-corrected chi connectivity index (χ0v) is 12.2. The molecule has 0 aliphatic heterocycles. The zero-order chi connectivity index (χ0) is 14.7. The molecule has 0 radical (unpaired) electrons. The fraction of sp³-hybridized carbons (Fsp3) is 0.533. The number of rotatable bonds is 5. The summed E-state index contributed by atoms with van der Waals surface area (Å²) < 4.78 is 18.6. The minimum Gasteiger partial charge on any atom is -0.494 e. The lowest BCUT2D eigenvalue weighted by atomic mass is 9.83. The van der Waals surface area contributed by atoms with E-state index in [0.29, 0.717) is 6.54 Å². The van der Waals surface area contributed by atoms with Crippen molar-refractivity contribution in [3.05, 3.63) is 29.6 Å². The Labute approximate surface area is 114 Å². The van der Waals surface area contributed by atoms with Crippen LogP contribution in [0, 0.1) is 17.1 Å². The molecular formula is C15H21FN2O. The highest BCUT2D eigenvalue weighted by Crippen LogP contribution is 2.27. The molecule has 0 aliphatic carbocycles. The van der Waals surface area contributed by atoms with Gasteiger partial charge in [-0.25, -0.2) is 4.39 Å². The molecule has 19 heavy (non-hydrogen) atoms. The van der Waals surface area contributed by atoms with Crippen molar-refractivity contribution in [2.45, 2.75) is 38.6 Å². The summed E-state index contributed by atoms with van der Waals surface area (Å²) in [4.78, 5) is 0. The number of ether oxygens (including phenoxy) is 1. The van der Waals surface area contributed by atoms with Crippen LogP contribution in [0.2, 0.25) is 0 Å². The summed E-state index contributed by atoms with van der Waals surface area (Å²) >= 11 is 0. The van der Waals surface area contributed by atoms with E-state index in [-0.39, 0.29) is 17.0 Å². The van der Waals surface area contributed by atoms with Crippen molar-refractivity contribution in [2.24, 2.45) is 0 Å². The lowest BCUT2D eigenvalue weighted by Crippen LogP contribution is -2.44. The second-order valence-electron chi connectivity index (χ2n) is 5.82. The number of nitrogens with zero attached hydrogens (tertiary/aromatic N) is 1. The molecule has 0 heterocycles. The third-order valence-corrected chi connectivity index (χ3v) is 3.19. The molecule has 0 unspecified atom stereocenters. The summed E-state index contributed by atoms with van der Waals surface area (Å²) in [6.45, 7) is 8.23. The van der Waals surface area contributed by atoms with Crippen LogP contribution in [-0.4, -0.2) is 19.2 Å². The maximum Gasteiger partial charge on any atom is 0.165 e. The van der Waals surface area contributed by atoms with E-state index in [9.17, 15) is 4.39 Å². The van der Waals surface area contributed by atoms with Gasteiger partial charge in [0, 0.05) is 12.0 Å². The first-order chi connectivity index (χ1) is 8.72. The van der Waals surface area contributed by atoms with Gasteiger partial charge in [-0.2, -0.15) is 5.26 Å². The number of methoxy groups -OCH3 is 1. The van der Waals surface area contributed by atoms with Crippen LogP contribution in [0.25, 0.3) is 0 Å². The summed E-state index contributed by atoms with van der Waals surface area (Å²) in [5.41, 5.74) is -0.00388. The molecule has 3 nitrogen and oxygen atoms in total. The van der Waals surface area contributed by atoms with E-state index in [0.717, 1.165) is 5.56 Å². The largest absolute Gasteiger partial charge is 0.494 e. The quantitative estimate of drug-likeness (QED) is 0.889. The summed E-state index contributed by atoms with van der Waals surface area (Å²) in [6.07, 6.45) is 0. The second-order valence-corrected chi connectivity index (χ2v) is 5.82. The van der Waals surface area contributed by atoms with Gasteiger partial charge in [0.1, 0.15) is 5.54 Å². The van der Waals surface area contributed by atoms with E-state index in [4.69, 9.17) is 10.00 Å². The Hall–Kier alpha value is -1.60. The molecule has 1 aromatic carbocycles. The number of hydrogen-bond acceptors (Lipinski definition) is 3. The fourth-order valence-electron chi connectivity index (χ4n) is 1.67. The van der Waals surface area contributed by atoms with E-state index in [1.54, 1.807) is 6.07 Å². The van der Waals surface area contributed by atoms with Crippen LogP contribution in [-0.2, 0) is 5.41 Å². The second kappa shape index (κ2) is 5.58. The van der Waals surface area contributed by atoms with Gasteiger partial charge in [-0.15, -0.1) is 0 Å². The van der Waals surface area contributed by atoms with Gasteiger partial charge in [-0.3, -0.25) is 5.32 Å². The van der Waals surface area contributed by atoms with Crippen molar-refractivity contribution in [1.82, 2.24) is 5.32 Å². The first kappa shape index (κ1) is 15.5. The van der Waals surface area contributed by atoms with Gasteiger partial charge in [0.15, 0.2) is 11.6 Å². The third kappa shape index (κ3) is 3.93. The Balaban J connectivity index is 2.89. The highest BCUT2D eigenvalue weighted by Gasteiger charge is 2.25. The molecule has 0 bridgehead atoms. The Morgan fingerprint density at radius 2 is 1.95 bits per heavy atom. The zero-order valence-electron chi connectivity index (χ0n) is 12.2. The van der Waals surface area contributed by atoms with Crippen LogP contribution < -0.4 is 10.1 Å². The minimum absolute atomic E-state index is 0.241. The molecule has 0 spiro atoms. The summed E-state index contributed by atoms with van der Waals surface area (Å²) in [5, 5.41) is 12.2. The standard InChI is InChI=1S/C15H21FN2O/c1-14(2,10-18-15(3,4)9-17)11-6-7-13(19-5)12(16)8-11/h6-8,18H,10H2,1-5H3. The molecule has 0 saturated carbocycles. The topological polar surface area (TPSA) is 45.0 Å². The predicted molar refractivity (Wildman–Crippen MR) is 73.7 cm³/mol. The molecule has 104 valence electrons. The van der Waals surface area contributed by atoms with Gasteiger partial charge in [-0.05, 0) is 31.5 Å². The van der Waals surface area contributed by atoms with Crippen molar-refractivity contribution in [3.63, 3.8) is 0 Å². The van der Waals surface area contributed by atoms with Crippen molar-refractivity contribution in [1.29, 1.82) is 5.26 Å². The number of nitrogens with one attached hydrogen (secondary N) is 1. The van der Waals surface area contributed by atoms with Crippen LogP contribution in [0.5, 0.6) is 5.75 Å². The highest BCUT2D eigenvalue weighted by molar-refractivity contribution is 5.33. The normalized spacial score (nSPS) is 12.1. The van der Waals surface area contributed by atoms with Gasteiger partial charge in [0.25, 0.3) is 0 Å². The summed E-state index contributed by atoms with van der Waals surface area (Å²) in [7, 11) is 1.44. The van der Waals surface area contributed by atoms with E-state index in [2.05, 4.69) is 11.4 Å². The number of nitriles is 1. The van der Waals surface area contributed by atoms with E-state index >= 15 is 0 Å². The molecule has 0 amide bonds. The lowest BCUT2D eigenvalue weighted by Gasteiger charge is -2.29. The van der Waals surface area contributed by atoms with E-state index in [1.807, 2.05) is 33.8 Å². The number of benzene rings is 1. The number of hydrogen-bond donors (Lipinski definition) is 1. The van der Waals surface area contributed by atoms with E-state index < -0.39 is 5.54 Å². The molecule has 0 aromatic heterocycles. The SMILES string of the molecule is COc1ccc(C(C)(C)CNC(C)(C)C#N)cc1F. The van der Waals surface area contributed by atoms with Gasteiger partial charge < -0.3 is 4.74 Å². The highest BCUT2D eigenvalue weighted by atomic mass is 19.1. The van der Waals surface area contributed by atoms with Gasteiger partial charge >= 0.3 is 0 Å².